The Balaban J connectivity index is 1.75. The molecule has 0 N–H and O–H groups in total. The van der Waals surface area contributed by atoms with Gasteiger partial charge in [0.2, 0.25) is 5.75 Å². The van der Waals surface area contributed by atoms with Crippen molar-refractivity contribution in [2.75, 3.05) is 47.5 Å². The highest BCUT2D eigenvalue weighted by Gasteiger charge is 2.25. The number of pyridine rings is 1. The summed E-state index contributed by atoms with van der Waals surface area (Å²) in [6.45, 7) is 2.06. The lowest BCUT2D eigenvalue weighted by Gasteiger charge is -2.23. The zero-order chi connectivity index (χ0) is 20.8. The van der Waals surface area contributed by atoms with Crippen LogP contribution >= 0.6 is 0 Å². The van der Waals surface area contributed by atoms with Crippen molar-refractivity contribution in [2.24, 2.45) is 0 Å². The predicted octanol–water partition coefficient (Wildman–Crippen LogP) is 2.10. The topological polar surface area (TPSA) is 81.2 Å². The molecule has 154 valence electrons. The molecule has 0 radical (unpaired) electrons. The van der Waals surface area contributed by atoms with Gasteiger partial charge in [-0.3, -0.25) is 14.6 Å². The summed E-state index contributed by atoms with van der Waals surface area (Å²) in [6.07, 6.45) is 3.89. The summed E-state index contributed by atoms with van der Waals surface area (Å²) in [4.78, 5) is 33.3. The van der Waals surface area contributed by atoms with Crippen LogP contribution in [0.1, 0.15) is 27.1 Å². The Kier molecular flexibility index (Phi) is 6.54. The van der Waals surface area contributed by atoms with Gasteiger partial charge in [-0.25, -0.2) is 0 Å². The number of carbonyl (C=O) groups excluding carboxylic acids is 2. The molecule has 1 aromatic heterocycles. The molecular formula is C21H25N3O5. The van der Waals surface area contributed by atoms with Gasteiger partial charge in [-0.15, -0.1) is 0 Å². The molecule has 1 saturated heterocycles. The van der Waals surface area contributed by atoms with Crippen molar-refractivity contribution in [3.05, 3.63) is 47.8 Å². The van der Waals surface area contributed by atoms with Gasteiger partial charge in [-0.05, 0) is 30.7 Å². The van der Waals surface area contributed by atoms with Gasteiger partial charge < -0.3 is 24.0 Å². The van der Waals surface area contributed by atoms with Gasteiger partial charge in [0.15, 0.2) is 11.5 Å². The third-order valence-electron chi connectivity index (χ3n) is 4.89. The molecule has 2 heterocycles. The number of benzene rings is 1. The Morgan fingerprint density at radius 1 is 0.862 bits per heavy atom. The third kappa shape index (κ3) is 4.42. The lowest BCUT2D eigenvalue weighted by atomic mass is 10.1. The largest absolute Gasteiger partial charge is 0.493 e. The van der Waals surface area contributed by atoms with Crippen LogP contribution in [0.4, 0.5) is 0 Å². The minimum absolute atomic E-state index is 0.0693. The number of hydrogen-bond acceptors (Lipinski definition) is 6. The van der Waals surface area contributed by atoms with Crippen molar-refractivity contribution in [3.63, 3.8) is 0 Å². The summed E-state index contributed by atoms with van der Waals surface area (Å²) in [6, 6.07) is 6.78. The molecule has 29 heavy (non-hydrogen) atoms. The number of methoxy groups -OCH3 is 3. The van der Waals surface area contributed by atoms with E-state index in [1.165, 1.54) is 21.3 Å². The molecule has 0 aliphatic carbocycles. The second-order valence-corrected chi connectivity index (χ2v) is 6.59. The summed E-state index contributed by atoms with van der Waals surface area (Å²) in [7, 11) is 4.54. The zero-order valence-corrected chi connectivity index (χ0v) is 16.9. The Hall–Kier alpha value is -3.29. The van der Waals surface area contributed by atoms with Gasteiger partial charge in [-0.2, -0.15) is 0 Å². The van der Waals surface area contributed by atoms with Gasteiger partial charge in [0.25, 0.3) is 11.8 Å². The highest BCUT2D eigenvalue weighted by atomic mass is 16.5. The van der Waals surface area contributed by atoms with E-state index in [0.717, 1.165) is 0 Å². The van der Waals surface area contributed by atoms with Crippen molar-refractivity contribution in [1.29, 1.82) is 0 Å². The van der Waals surface area contributed by atoms with E-state index in [1.54, 1.807) is 46.5 Å². The fraction of sp³-hybridized carbons (Fsp3) is 0.381. The maximum absolute atomic E-state index is 13.1. The van der Waals surface area contributed by atoms with Gasteiger partial charge in [0, 0.05) is 44.1 Å². The minimum atomic E-state index is -0.139. The maximum atomic E-state index is 13.1. The van der Waals surface area contributed by atoms with Gasteiger partial charge in [0.1, 0.15) is 0 Å². The van der Waals surface area contributed by atoms with Crippen molar-refractivity contribution >= 4 is 11.8 Å². The van der Waals surface area contributed by atoms with Crippen molar-refractivity contribution in [1.82, 2.24) is 14.8 Å². The summed E-state index contributed by atoms with van der Waals surface area (Å²) < 4.78 is 16.0. The molecule has 2 amide bonds. The smallest absolute Gasteiger partial charge is 0.255 e. The monoisotopic (exact) mass is 399 g/mol. The van der Waals surface area contributed by atoms with Crippen molar-refractivity contribution < 1.29 is 23.8 Å². The first-order valence-electron chi connectivity index (χ1n) is 9.37. The second kappa shape index (κ2) is 9.27. The van der Waals surface area contributed by atoms with Crippen LogP contribution < -0.4 is 14.2 Å². The molecule has 1 fully saturated rings. The molecule has 0 saturated carbocycles. The lowest BCUT2D eigenvalue weighted by molar-refractivity contribution is 0.0718. The third-order valence-corrected chi connectivity index (χ3v) is 4.89. The molecule has 1 aromatic carbocycles. The average molecular weight is 399 g/mol. The number of ether oxygens (including phenoxy) is 3. The van der Waals surface area contributed by atoms with Crippen molar-refractivity contribution in [3.8, 4) is 17.2 Å². The fourth-order valence-electron chi connectivity index (χ4n) is 3.38. The van der Waals surface area contributed by atoms with Crippen LogP contribution in [0.25, 0.3) is 0 Å². The van der Waals surface area contributed by atoms with Crippen LogP contribution in [0.3, 0.4) is 0 Å². The lowest BCUT2D eigenvalue weighted by Crippen LogP contribution is -2.37. The number of aromatic nitrogens is 1. The Morgan fingerprint density at radius 3 is 1.93 bits per heavy atom. The summed E-state index contributed by atoms with van der Waals surface area (Å²) in [5.74, 6) is 1.09. The predicted molar refractivity (Wildman–Crippen MR) is 107 cm³/mol. The van der Waals surface area contributed by atoms with Gasteiger partial charge in [-0.1, -0.05) is 0 Å². The summed E-state index contributed by atoms with van der Waals surface area (Å²) >= 11 is 0. The first-order chi connectivity index (χ1) is 14.1. The average Bonchev–Trinajstić information content (AvgIpc) is 3.03. The minimum Gasteiger partial charge on any atom is -0.493 e. The van der Waals surface area contributed by atoms with Crippen LogP contribution in [0, 0.1) is 0 Å². The van der Waals surface area contributed by atoms with E-state index in [2.05, 4.69) is 4.98 Å². The second-order valence-electron chi connectivity index (χ2n) is 6.59. The quantitative estimate of drug-likeness (QED) is 0.766. The summed E-state index contributed by atoms with van der Waals surface area (Å²) in [5.41, 5.74) is 1.00. The number of amides is 2. The van der Waals surface area contributed by atoms with E-state index in [-0.39, 0.29) is 11.8 Å². The molecule has 1 aliphatic heterocycles. The molecule has 0 spiro atoms. The molecule has 3 rings (SSSR count). The number of rotatable bonds is 5. The molecule has 1 aliphatic rings. The zero-order valence-electron chi connectivity index (χ0n) is 16.9. The van der Waals surface area contributed by atoms with Crippen LogP contribution in [0.2, 0.25) is 0 Å². The van der Waals surface area contributed by atoms with E-state index in [1.807, 2.05) is 0 Å². The molecule has 0 atom stereocenters. The number of carbonyl (C=O) groups is 2. The molecule has 2 aromatic rings. The van der Waals surface area contributed by atoms with E-state index in [9.17, 15) is 9.59 Å². The van der Waals surface area contributed by atoms with Crippen molar-refractivity contribution in [2.45, 2.75) is 6.42 Å². The molecule has 8 nitrogen and oxygen atoms in total. The Labute approximate surface area is 170 Å². The number of nitrogens with zero attached hydrogens (tertiary/aromatic N) is 3. The number of hydrogen-bond donors (Lipinski definition) is 0. The van der Waals surface area contributed by atoms with E-state index in [4.69, 9.17) is 14.2 Å². The van der Waals surface area contributed by atoms with Gasteiger partial charge in [0.05, 0.1) is 26.9 Å². The van der Waals surface area contributed by atoms with E-state index < -0.39 is 0 Å². The highest BCUT2D eigenvalue weighted by Crippen LogP contribution is 2.38. The Bertz CT molecular complexity index is 847. The van der Waals surface area contributed by atoms with E-state index in [0.29, 0.717) is 61.0 Å². The highest BCUT2D eigenvalue weighted by molar-refractivity contribution is 5.96. The van der Waals surface area contributed by atoms with Gasteiger partial charge >= 0.3 is 0 Å². The molecular weight excluding hydrogens is 374 g/mol. The molecule has 0 bridgehead atoms. The normalized spacial score (nSPS) is 14.2. The summed E-state index contributed by atoms with van der Waals surface area (Å²) in [5, 5.41) is 0. The first kappa shape index (κ1) is 20.4. The first-order valence-corrected chi connectivity index (χ1v) is 9.37. The molecule has 0 unspecified atom stereocenters. The van der Waals surface area contributed by atoms with Crippen LogP contribution in [0.5, 0.6) is 17.2 Å². The SMILES string of the molecule is COc1cc(C(=O)N2CCCN(C(=O)c3cccnc3)CC2)cc(OC)c1OC. The van der Waals surface area contributed by atoms with Crippen LogP contribution in [0.15, 0.2) is 36.7 Å². The van der Waals surface area contributed by atoms with Crippen LogP contribution in [-0.2, 0) is 0 Å². The van der Waals surface area contributed by atoms with Crippen LogP contribution in [-0.4, -0.2) is 74.1 Å². The fourth-order valence-corrected chi connectivity index (χ4v) is 3.38. The molecule has 8 heteroatoms. The standard InChI is InChI=1S/C21H25N3O5/c1-27-17-12-16(13-18(28-2)19(17)29-3)21(26)24-9-5-8-23(10-11-24)20(25)15-6-4-7-22-14-15/h4,6-7,12-14H,5,8-11H2,1-3H3. The Morgan fingerprint density at radius 2 is 1.45 bits per heavy atom. The van der Waals surface area contributed by atoms with E-state index >= 15 is 0 Å². The maximum Gasteiger partial charge on any atom is 0.255 e.